The lowest BCUT2D eigenvalue weighted by Crippen LogP contribution is -2.38. The quantitative estimate of drug-likeness (QED) is 0.603. The SMILES string of the molecule is COc1ccc2ncnc(NC3CCN(Cc4ccc5c(c4)OCO5)CC3)c2c1.Cl.Cl. The normalized spacial score (nSPS) is 15.8. The number of hydrogen-bond acceptors (Lipinski definition) is 7. The number of fused-ring (bicyclic) bond motifs is 2. The van der Waals surface area contributed by atoms with E-state index in [-0.39, 0.29) is 24.8 Å². The summed E-state index contributed by atoms with van der Waals surface area (Å²) in [6.07, 6.45) is 3.76. The van der Waals surface area contributed by atoms with Crippen LogP contribution in [0.25, 0.3) is 10.9 Å². The highest BCUT2D eigenvalue weighted by Crippen LogP contribution is 2.33. The number of ether oxygens (including phenoxy) is 3. The van der Waals surface area contributed by atoms with Gasteiger partial charge in [0.1, 0.15) is 17.9 Å². The molecule has 0 saturated carbocycles. The van der Waals surface area contributed by atoms with Crippen LogP contribution in [0.1, 0.15) is 18.4 Å². The van der Waals surface area contributed by atoms with Gasteiger partial charge >= 0.3 is 0 Å². The summed E-state index contributed by atoms with van der Waals surface area (Å²) in [6, 6.07) is 12.5. The molecule has 166 valence electrons. The van der Waals surface area contributed by atoms with Crippen LogP contribution in [0.15, 0.2) is 42.7 Å². The Labute approximate surface area is 193 Å². The van der Waals surface area contributed by atoms with Crippen molar-refractivity contribution in [2.24, 2.45) is 0 Å². The predicted octanol–water partition coefficient (Wildman–Crippen LogP) is 4.29. The fraction of sp³-hybridized carbons (Fsp3) is 0.364. The van der Waals surface area contributed by atoms with Gasteiger partial charge in [-0.1, -0.05) is 6.07 Å². The van der Waals surface area contributed by atoms with E-state index in [0.29, 0.717) is 12.8 Å². The monoisotopic (exact) mass is 464 g/mol. The molecule has 1 fully saturated rings. The first kappa shape index (κ1) is 23.2. The van der Waals surface area contributed by atoms with Crippen LogP contribution < -0.4 is 19.5 Å². The lowest BCUT2D eigenvalue weighted by molar-refractivity contribution is 0.173. The standard InChI is InChI=1S/C22H24N4O3.2ClH/c1-27-17-3-4-19-18(11-17)22(24-13-23-19)25-16-6-8-26(9-7-16)12-15-2-5-20-21(10-15)29-14-28-20;;/h2-5,10-11,13,16H,6-9,12,14H2,1H3,(H,23,24,25);2*1H. The van der Waals surface area contributed by atoms with Crippen LogP contribution in [-0.4, -0.2) is 47.9 Å². The van der Waals surface area contributed by atoms with E-state index in [4.69, 9.17) is 14.2 Å². The molecule has 2 aliphatic heterocycles. The van der Waals surface area contributed by atoms with Crippen molar-refractivity contribution in [3.05, 3.63) is 48.3 Å². The average Bonchev–Trinajstić information content (AvgIpc) is 3.23. The zero-order valence-electron chi connectivity index (χ0n) is 17.2. The van der Waals surface area contributed by atoms with Crippen LogP contribution in [-0.2, 0) is 6.54 Å². The maximum atomic E-state index is 5.49. The van der Waals surface area contributed by atoms with Crippen LogP contribution in [0.2, 0.25) is 0 Å². The van der Waals surface area contributed by atoms with Crippen molar-refractivity contribution in [3.8, 4) is 17.2 Å². The van der Waals surface area contributed by atoms with Gasteiger partial charge in [0.25, 0.3) is 0 Å². The molecular weight excluding hydrogens is 439 g/mol. The zero-order valence-corrected chi connectivity index (χ0v) is 18.9. The maximum Gasteiger partial charge on any atom is 0.231 e. The summed E-state index contributed by atoms with van der Waals surface area (Å²) in [5, 5.41) is 4.62. The fourth-order valence-electron chi connectivity index (χ4n) is 4.00. The minimum atomic E-state index is 0. The van der Waals surface area contributed by atoms with Gasteiger partial charge in [-0.3, -0.25) is 4.90 Å². The Balaban J connectivity index is 0.00000136. The first-order valence-corrected chi connectivity index (χ1v) is 9.95. The molecule has 3 aromatic rings. The van der Waals surface area contributed by atoms with Crippen LogP contribution in [0.4, 0.5) is 5.82 Å². The predicted molar refractivity (Wildman–Crippen MR) is 125 cm³/mol. The van der Waals surface area contributed by atoms with E-state index in [2.05, 4.69) is 32.3 Å². The van der Waals surface area contributed by atoms with Gasteiger partial charge in [-0.2, -0.15) is 0 Å². The Hall–Kier alpha value is -2.48. The molecule has 0 amide bonds. The van der Waals surface area contributed by atoms with E-state index in [0.717, 1.165) is 66.4 Å². The van der Waals surface area contributed by atoms with E-state index in [1.54, 1.807) is 13.4 Å². The van der Waals surface area contributed by atoms with Crippen LogP contribution in [0.5, 0.6) is 17.2 Å². The van der Waals surface area contributed by atoms with Crippen LogP contribution >= 0.6 is 24.8 Å². The van der Waals surface area contributed by atoms with Crippen molar-refractivity contribution in [1.29, 1.82) is 0 Å². The van der Waals surface area contributed by atoms with Gasteiger partial charge < -0.3 is 19.5 Å². The molecule has 0 atom stereocenters. The molecule has 0 radical (unpaired) electrons. The van der Waals surface area contributed by atoms with Gasteiger partial charge in [-0.05, 0) is 48.7 Å². The Morgan fingerprint density at radius 3 is 2.65 bits per heavy atom. The molecular formula is C22H26Cl2N4O3. The Bertz CT molecular complexity index is 1030. The lowest BCUT2D eigenvalue weighted by Gasteiger charge is -2.32. The average molecular weight is 465 g/mol. The van der Waals surface area contributed by atoms with Crippen molar-refractivity contribution in [2.45, 2.75) is 25.4 Å². The van der Waals surface area contributed by atoms with Gasteiger partial charge in [0.15, 0.2) is 11.5 Å². The van der Waals surface area contributed by atoms with Crippen molar-refractivity contribution in [2.75, 3.05) is 32.3 Å². The molecule has 1 aromatic heterocycles. The third-order valence-corrected chi connectivity index (χ3v) is 5.61. The second kappa shape index (κ2) is 10.2. The van der Waals surface area contributed by atoms with Crippen molar-refractivity contribution in [3.63, 3.8) is 0 Å². The highest BCUT2D eigenvalue weighted by molar-refractivity contribution is 5.90. The van der Waals surface area contributed by atoms with Gasteiger partial charge in [-0.25, -0.2) is 9.97 Å². The number of nitrogens with zero attached hydrogens (tertiary/aromatic N) is 3. The van der Waals surface area contributed by atoms with Crippen LogP contribution in [0.3, 0.4) is 0 Å². The second-order valence-corrected chi connectivity index (χ2v) is 7.49. The number of nitrogens with one attached hydrogen (secondary N) is 1. The molecule has 31 heavy (non-hydrogen) atoms. The number of halogens is 2. The highest BCUT2D eigenvalue weighted by atomic mass is 35.5. The molecule has 9 heteroatoms. The Morgan fingerprint density at radius 1 is 1.03 bits per heavy atom. The summed E-state index contributed by atoms with van der Waals surface area (Å²) in [7, 11) is 1.67. The fourth-order valence-corrected chi connectivity index (χ4v) is 4.00. The summed E-state index contributed by atoms with van der Waals surface area (Å²) in [5.41, 5.74) is 2.18. The molecule has 7 nitrogen and oxygen atoms in total. The molecule has 0 unspecified atom stereocenters. The van der Waals surface area contributed by atoms with Gasteiger partial charge in [-0.15, -0.1) is 24.8 Å². The van der Waals surface area contributed by atoms with E-state index < -0.39 is 0 Å². The maximum absolute atomic E-state index is 5.49. The lowest BCUT2D eigenvalue weighted by atomic mass is 10.0. The van der Waals surface area contributed by atoms with E-state index in [1.807, 2.05) is 24.3 Å². The van der Waals surface area contributed by atoms with Crippen molar-refractivity contribution >= 4 is 41.5 Å². The number of likely N-dealkylation sites (tertiary alicyclic amines) is 1. The molecule has 2 aromatic carbocycles. The summed E-state index contributed by atoms with van der Waals surface area (Å²) in [5.74, 6) is 3.38. The number of benzene rings is 2. The number of hydrogen-bond donors (Lipinski definition) is 1. The topological polar surface area (TPSA) is 68.7 Å². The first-order chi connectivity index (χ1) is 14.3. The second-order valence-electron chi connectivity index (χ2n) is 7.49. The van der Waals surface area contributed by atoms with Gasteiger partial charge in [0.05, 0.1) is 12.6 Å². The summed E-state index contributed by atoms with van der Waals surface area (Å²) in [6.45, 7) is 3.33. The van der Waals surface area contributed by atoms with E-state index in [1.165, 1.54) is 5.56 Å². The van der Waals surface area contributed by atoms with Crippen LogP contribution in [0, 0.1) is 0 Å². The molecule has 0 bridgehead atoms. The molecule has 0 aliphatic carbocycles. The van der Waals surface area contributed by atoms with E-state index in [9.17, 15) is 0 Å². The summed E-state index contributed by atoms with van der Waals surface area (Å²) < 4.78 is 16.2. The number of rotatable bonds is 5. The first-order valence-electron chi connectivity index (χ1n) is 9.95. The molecule has 5 rings (SSSR count). The van der Waals surface area contributed by atoms with Gasteiger partial charge in [0.2, 0.25) is 6.79 Å². The Morgan fingerprint density at radius 2 is 1.84 bits per heavy atom. The van der Waals surface area contributed by atoms with Crippen molar-refractivity contribution < 1.29 is 14.2 Å². The number of piperidine rings is 1. The van der Waals surface area contributed by atoms with Gasteiger partial charge in [0, 0.05) is 31.1 Å². The van der Waals surface area contributed by atoms with E-state index >= 15 is 0 Å². The third kappa shape index (κ3) is 5.06. The van der Waals surface area contributed by atoms with Crippen molar-refractivity contribution in [1.82, 2.24) is 14.9 Å². The molecule has 0 spiro atoms. The Kier molecular flexibility index (Phi) is 7.64. The zero-order chi connectivity index (χ0) is 19.6. The molecule has 3 heterocycles. The largest absolute Gasteiger partial charge is 0.497 e. The molecule has 1 N–H and O–H groups in total. The smallest absolute Gasteiger partial charge is 0.231 e. The molecule has 2 aliphatic rings. The number of methoxy groups -OCH3 is 1. The number of anilines is 1. The molecule has 1 saturated heterocycles. The summed E-state index contributed by atoms with van der Waals surface area (Å²) in [4.78, 5) is 11.3. The highest BCUT2D eigenvalue weighted by Gasteiger charge is 2.21. The minimum Gasteiger partial charge on any atom is -0.497 e. The summed E-state index contributed by atoms with van der Waals surface area (Å²) >= 11 is 0. The minimum absolute atomic E-state index is 0. The third-order valence-electron chi connectivity index (χ3n) is 5.61. The number of aromatic nitrogens is 2.